The lowest BCUT2D eigenvalue weighted by atomic mass is 10.2. The fraction of sp³-hybridized carbons (Fsp3) is 0.312. The minimum atomic E-state index is -0.817. The molecule has 132 valence electrons. The molecule has 9 heteroatoms. The van der Waals surface area contributed by atoms with Crippen LogP contribution in [0.25, 0.3) is 5.69 Å². The zero-order chi connectivity index (χ0) is 18.2. The van der Waals surface area contributed by atoms with Crippen molar-refractivity contribution in [2.45, 2.75) is 25.7 Å². The average molecular weight is 346 g/mol. The molecule has 0 fully saturated rings. The minimum absolute atomic E-state index is 0.0169. The molecule has 25 heavy (non-hydrogen) atoms. The average Bonchev–Trinajstić information content (AvgIpc) is 3.07. The van der Waals surface area contributed by atoms with Crippen molar-refractivity contribution in [1.29, 1.82) is 0 Å². The molecule has 1 aromatic heterocycles. The summed E-state index contributed by atoms with van der Waals surface area (Å²) in [6, 6.07) is 5.84. The molecule has 2 aromatic rings. The normalized spacial score (nSPS) is 10.4. The molecular formula is C16H18N4O5. The zero-order valence-electron chi connectivity index (χ0n) is 13.4. The van der Waals surface area contributed by atoms with E-state index in [1.807, 2.05) is 0 Å². The fourth-order valence-corrected chi connectivity index (χ4v) is 2.19. The molecule has 1 amide bonds. The van der Waals surface area contributed by atoms with Gasteiger partial charge in [0.05, 0.1) is 22.4 Å². The number of nitrogens with zero attached hydrogens (tertiary/aromatic N) is 3. The van der Waals surface area contributed by atoms with E-state index in [-0.39, 0.29) is 18.0 Å². The number of benzene rings is 1. The summed E-state index contributed by atoms with van der Waals surface area (Å²) in [5, 5.41) is 26.0. The molecule has 9 nitrogen and oxygen atoms in total. The summed E-state index contributed by atoms with van der Waals surface area (Å²) in [6.07, 6.45) is 5.12. The van der Waals surface area contributed by atoms with Crippen molar-refractivity contribution >= 4 is 17.6 Å². The number of carbonyl (C=O) groups is 2. The lowest BCUT2D eigenvalue weighted by molar-refractivity contribution is -0.384. The maximum atomic E-state index is 12.0. The third-order valence-electron chi connectivity index (χ3n) is 3.52. The first-order valence-electron chi connectivity index (χ1n) is 7.77. The monoisotopic (exact) mass is 346 g/mol. The molecule has 2 N–H and O–H groups in total. The highest BCUT2D eigenvalue weighted by Gasteiger charge is 2.10. The van der Waals surface area contributed by atoms with Crippen LogP contribution in [0.3, 0.4) is 0 Å². The Bertz CT molecular complexity index is 754. The van der Waals surface area contributed by atoms with Gasteiger partial charge >= 0.3 is 5.97 Å². The number of nitro groups is 1. The summed E-state index contributed by atoms with van der Waals surface area (Å²) in [4.78, 5) is 32.6. The molecule has 0 saturated heterocycles. The molecule has 0 unspecified atom stereocenters. The standard InChI is InChI=1S/C16H18N4O5/c21-15(22)4-2-1-3-9-17-16(23)12-10-18-19(11-12)13-5-7-14(8-6-13)20(24)25/h5-8,10-11H,1-4,9H2,(H,17,23)(H,21,22). The number of amides is 1. The van der Waals surface area contributed by atoms with Gasteiger partial charge in [0.25, 0.3) is 11.6 Å². The topological polar surface area (TPSA) is 127 Å². The number of aromatic nitrogens is 2. The third-order valence-corrected chi connectivity index (χ3v) is 3.52. The molecule has 1 heterocycles. The number of rotatable bonds is 9. The summed E-state index contributed by atoms with van der Waals surface area (Å²) in [5.41, 5.74) is 0.971. The van der Waals surface area contributed by atoms with Crippen LogP contribution in [0, 0.1) is 10.1 Å². The number of nitrogens with one attached hydrogen (secondary N) is 1. The second kappa shape index (κ2) is 8.57. The van der Waals surface area contributed by atoms with Crippen LogP contribution < -0.4 is 5.32 Å². The first kappa shape index (κ1) is 18.1. The molecule has 2 rings (SSSR count). The van der Waals surface area contributed by atoms with Crippen molar-refractivity contribution in [3.8, 4) is 5.69 Å². The van der Waals surface area contributed by atoms with Crippen LogP contribution in [0.15, 0.2) is 36.7 Å². The van der Waals surface area contributed by atoms with Gasteiger partial charge in [0.15, 0.2) is 0 Å². The smallest absolute Gasteiger partial charge is 0.303 e. The van der Waals surface area contributed by atoms with Crippen LogP contribution in [0.2, 0.25) is 0 Å². The molecule has 0 aliphatic heterocycles. The molecule has 0 aliphatic rings. The summed E-state index contributed by atoms with van der Waals surface area (Å²) in [6.45, 7) is 0.459. The number of non-ortho nitro benzene ring substituents is 1. The molecule has 0 saturated carbocycles. The Kier molecular flexibility index (Phi) is 6.21. The first-order valence-corrected chi connectivity index (χ1v) is 7.77. The Morgan fingerprint density at radius 3 is 2.56 bits per heavy atom. The Hall–Kier alpha value is -3.23. The highest BCUT2D eigenvalue weighted by Crippen LogP contribution is 2.15. The van der Waals surface area contributed by atoms with E-state index < -0.39 is 10.9 Å². The van der Waals surface area contributed by atoms with Gasteiger partial charge in [-0.25, -0.2) is 4.68 Å². The van der Waals surface area contributed by atoms with Gasteiger partial charge in [0.2, 0.25) is 0 Å². The maximum Gasteiger partial charge on any atom is 0.303 e. The number of aliphatic carboxylic acids is 1. The number of carbonyl (C=O) groups excluding carboxylic acids is 1. The largest absolute Gasteiger partial charge is 0.481 e. The van der Waals surface area contributed by atoms with E-state index in [4.69, 9.17) is 5.11 Å². The fourth-order valence-electron chi connectivity index (χ4n) is 2.19. The number of carboxylic acid groups (broad SMARTS) is 1. The van der Waals surface area contributed by atoms with E-state index in [2.05, 4.69) is 10.4 Å². The number of hydrogen-bond acceptors (Lipinski definition) is 5. The van der Waals surface area contributed by atoms with E-state index in [0.29, 0.717) is 30.6 Å². The van der Waals surface area contributed by atoms with Gasteiger partial charge < -0.3 is 10.4 Å². The quantitative estimate of drug-likeness (QED) is 0.407. The van der Waals surface area contributed by atoms with Crippen molar-refractivity contribution in [1.82, 2.24) is 15.1 Å². The number of carboxylic acids is 1. The molecule has 0 bridgehead atoms. The van der Waals surface area contributed by atoms with Crippen LogP contribution >= 0.6 is 0 Å². The van der Waals surface area contributed by atoms with Gasteiger partial charge in [0, 0.05) is 31.3 Å². The second-order valence-electron chi connectivity index (χ2n) is 5.41. The highest BCUT2D eigenvalue weighted by molar-refractivity contribution is 5.93. The Balaban J connectivity index is 1.84. The van der Waals surface area contributed by atoms with Crippen LogP contribution in [0.5, 0.6) is 0 Å². The Morgan fingerprint density at radius 2 is 1.92 bits per heavy atom. The van der Waals surface area contributed by atoms with E-state index in [1.54, 1.807) is 18.3 Å². The predicted molar refractivity (Wildman–Crippen MR) is 88.7 cm³/mol. The second-order valence-corrected chi connectivity index (χ2v) is 5.41. The van der Waals surface area contributed by atoms with Gasteiger partial charge in [0.1, 0.15) is 0 Å². The first-order chi connectivity index (χ1) is 12.0. The molecule has 0 atom stereocenters. The third kappa shape index (κ3) is 5.41. The number of unbranched alkanes of at least 4 members (excludes halogenated alkanes) is 2. The van der Waals surface area contributed by atoms with Crippen molar-refractivity contribution in [2.75, 3.05) is 6.54 Å². The van der Waals surface area contributed by atoms with Crippen molar-refractivity contribution < 1.29 is 19.6 Å². The number of hydrogen-bond donors (Lipinski definition) is 2. The van der Waals surface area contributed by atoms with E-state index >= 15 is 0 Å². The van der Waals surface area contributed by atoms with Gasteiger partial charge in [-0.15, -0.1) is 0 Å². The Morgan fingerprint density at radius 1 is 1.20 bits per heavy atom. The molecule has 0 aliphatic carbocycles. The van der Waals surface area contributed by atoms with Crippen LogP contribution in [-0.4, -0.2) is 38.2 Å². The van der Waals surface area contributed by atoms with Gasteiger partial charge in [-0.05, 0) is 25.0 Å². The van der Waals surface area contributed by atoms with Crippen molar-refractivity contribution in [3.05, 3.63) is 52.3 Å². The van der Waals surface area contributed by atoms with E-state index in [9.17, 15) is 19.7 Å². The van der Waals surface area contributed by atoms with E-state index in [1.165, 1.54) is 23.0 Å². The van der Waals surface area contributed by atoms with Gasteiger partial charge in [-0.1, -0.05) is 6.42 Å². The lowest BCUT2D eigenvalue weighted by Crippen LogP contribution is -2.24. The van der Waals surface area contributed by atoms with Crippen molar-refractivity contribution in [3.63, 3.8) is 0 Å². The van der Waals surface area contributed by atoms with Crippen molar-refractivity contribution in [2.24, 2.45) is 0 Å². The zero-order valence-corrected chi connectivity index (χ0v) is 13.4. The van der Waals surface area contributed by atoms with Gasteiger partial charge in [-0.2, -0.15) is 5.10 Å². The number of nitro benzene ring substituents is 1. The SMILES string of the molecule is O=C(O)CCCCCNC(=O)c1cnn(-c2ccc([N+](=O)[O-])cc2)c1. The van der Waals surface area contributed by atoms with Gasteiger partial charge in [-0.3, -0.25) is 19.7 Å². The van der Waals surface area contributed by atoms with Crippen LogP contribution in [0.4, 0.5) is 5.69 Å². The summed E-state index contributed by atoms with van der Waals surface area (Å²) in [7, 11) is 0. The molecule has 0 radical (unpaired) electrons. The van der Waals surface area contributed by atoms with E-state index in [0.717, 1.165) is 6.42 Å². The molecular weight excluding hydrogens is 328 g/mol. The summed E-state index contributed by atoms with van der Waals surface area (Å²) >= 11 is 0. The lowest BCUT2D eigenvalue weighted by Gasteiger charge is -2.03. The summed E-state index contributed by atoms with van der Waals surface area (Å²) in [5.74, 6) is -1.09. The maximum absolute atomic E-state index is 12.0. The highest BCUT2D eigenvalue weighted by atomic mass is 16.6. The molecule has 1 aromatic carbocycles. The van der Waals surface area contributed by atoms with Crippen LogP contribution in [0.1, 0.15) is 36.0 Å². The summed E-state index contributed by atoms with van der Waals surface area (Å²) < 4.78 is 1.46. The van der Waals surface area contributed by atoms with Crippen LogP contribution in [-0.2, 0) is 4.79 Å². The minimum Gasteiger partial charge on any atom is -0.481 e. The predicted octanol–water partition coefficient (Wildman–Crippen LogP) is 2.16. The Labute approximate surface area is 143 Å². The molecule has 0 spiro atoms.